The Balaban J connectivity index is 0.000000126. The summed E-state index contributed by atoms with van der Waals surface area (Å²) in [5, 5.41) is 0. The lowest BCUT2D eigenvalue weighted by molar-refractivity contribution is 0.353. The van der Waals surface area contributed by atoms with E-state index >= 15 is 0 Å². The molecule has 0 aliphatic carbocycles. The Bertz CT molecular complexity index is 581. The summed E-state index contributed by atoms with van der Waals surface area (Å²) in [5.41, 5.74) is 5.90. The standard InChI is InChI=1S/C10H13N.C9H11N/c1-11-8-4-6-9-5-2-3-7-10(9)11;1-10-6-8-4-2-3-5-9(8)7-10/h2-3,5,7H,4,6,8H2,1H3;2-5H,6-7H2,1H3. The maximum Gasteiger partial charge on any atom is 0.0396 e. The Morgan fingerprint density at radius 3 is 1.95 bits per heavy atom. The Morgan fingerprint density at radius 1 is 0.762 bits per heavy atom. The summed E-state index contributed by atoms with van der Waals surface area (Å²) in [6.07, 6.45) is 2.55. The van der Waals surface area contributed by atoms with Gasteiger partial charge in [-0.2, -0.15) is 0 Å². The number of anilines is 1. The minimum absolute atomic E-state index is 1.12. The van der Waals surface area contributed by atoms with Crippen LogP contribution in [0.15, 0.2) is 48.5 Å². The molecule has 0 amide bonds. The zero-order chi connectivity index (χ0) is 14.7. The van der Waals surface area contributed by atoms with E-state index in [4.69, 9.17) is 0 Å². The molecule has 2 nitrogen and oxygen atoms in total. The van der Waals surface area contributed by atoms with Crippen molar-refractivity contribution in [1.82, 2.24) is 4.90 Å². The molecule has 110 valence electrons. The third-order valence-electron chi connectivity index (χ3n) is 4.34. The van der Waals surface area contributed by atoms with Crippen molar-refractivity contribution in [1.29, 1.82) is 0 Å². The molecule has 0 bridgehead atoms. The highest BCUT2D eigenvalue weighted by Gasteiger charge is 2.13. The van der Waals surface area contributed by atoms with Crippen LogP contribution < -0.4 is 4.90 Å². The molecule has 0 N–H and O–H groups in total. The van der Waals surface area contributed by atoms with Crippen molar-refractivity contribution in [2.45, 2.75) is 25.9 Å². The monoisotopic (exact) mass is 280 g/mol. The number of hydrogen-bond donors (Lipinski definition) is 0. The fourth-order valence-corrected chi connectivity index (χ4v) is 3.23. The van der Waals surface area contributed by atoms with Crippen molar-refractivity contribution in [3.05, 3.63) is 65.2 Å². The van der Waals surface area contributed by atoms with Gasteiger partial charge in [-0.1, -0.05) is 42.5 Å². The minimum atomic E-state index is 1.12. The number of rotatable bonds is 0. The van der Waals surface area contributed by atoms with Gasteiger partial charge in [-0.15, -0.1) is 0 Å². The molecule has 0 saturated carbocycles. The van der Waals surface area contributed by atoms with E-state index in [0.717, 1.165) is 13.1 Å². The number of aryl methyl sites for hydroxylation is 1. The molecule has 0 fully saturated rings. The van der Waals surface area contributed by atoms with E-state index in [1.807, 2.05) is 0 Å². The summed E-state index contributed by atoms with van der Waals surface area (Å²) in [6, 6.07) is 17.3. The zero-order valence-electron chi connectivity index (χ0n) is 13.0. The van der Waals surface area contributed by atoms with Gasteiger partial charge in [-0.3, -0.25) is 4.90 Å². The second-order valence-corrected chi connectivity index (χ2v) is 6.09. The molecule has 21 heavy (non-hydrogen) atoms. The molecule has 0 radical (unpaired) electrons. The van der Waals surface area contributed by atoms with Crippen LogP contribution in [-0.4, -0.2) is 25.5 Å². The Labute approximate surface area is 128 Å². The van der Waals surface area contributed by atoms with Crippen molar-refractivity contribution in [3.63, 3.8) is 0 Å². The van der Waals surface area contributed by atoms with Gasteiger partial charge in [0.2, 0.25) is 0 Å². The molecule has 4 rings (SSSR count). The Kier molecular flexibility index (Phi) is 4.26. The van der Waals surface area contributed by atoms with Gasteiger partial charge >= 0.3 is 0 Å². The fourth-order valence-electron chi connectivity index (χ4n) is 3.23. The molecule has 2 aliphatic heterocycles. The second-order valence-electron chi connectivity index (χ2n) is 6.09. The molecule has 2 heterocycles. The molecule has 0 atom stereocenters. The van der Waals surface area contributed by atoms with E-state index in [-0.39, 0.29) is 0 Å². The van der Waals surface area contributed by atoms with Gasteiger partial charge < -0.3 is 4.90 Å². The zero-order valence-corrected chi connectivity index (χ0v) is 13.0. The van der Waals surface area contributed by atoms with Gasteiger partial charge in [0.15, 0.2) is 0 Å². The summed E-state index contributed by atoms with van der Waals surface area (Å²) in [4.78, 5) is 4.66. The van der Waals surface area contributed by atoms with Crippen LogP contribution in [0, 0.1) is 0 Å². The maximum atomic E-state index is 2.33. The lowest BCUT2D eigenvalue weighted by Crippen LogP contribution is -2.24. The first-order chi connectivity index (χ1) is 10.2. The largest absolute Gasteiger partial charge is 0.374 e. The quantitative estimate of drug-likeness (QED) is 0.726. The molecule has 2 aromatic rings. The first kappa shape index (κ1) is 14.2. The van der Waals surface area contributed by atoms with Gasteiger partial charge in [0, 0.05) is 32.4 Å². The molecule has 2 heteroatoms. The van der Waals surface area contributed by atoms with Crippen LogP contribution in [-0.2, 0) is 19.5 Å². The average molecular weight is 280 g/mol. The summed E-state index contributed by atoms with van der Waals surface area (Å²) in [5.74, 6) is 0. The van der Waals surface area contributed by atoms with Gasteiger partial charge in [0.05, 0.1) is 0 Å². The smallest absolute Gasteiger partial charge is 0.0396 e. The summed E-state index contributed by atoms with van der Waals surface area (Å²) < 4.78 is 0. The molecule has 0 saturated heterocycles. The highest BCUT2D eigenvalue weighted by Crippen LogP contribution is 2.24. The predicted molar refractivity (Wildman–Crippen MR) is 89.6 cm³/mol. The number of nitrogens with zero attached hydrogens (tertiary/aromatic N) is 2. The third kappa shape index (κ3) is 3.27. The van der Waals surface area contributed by atoms with Gasteiger partial charge in [-0.05, 0) is 42.6 Å². The van der Waals surface area contributed by atoms with Gasteiger partial charge in [0.25, 0.3) is 0 Å². The van der Waals surface area contributed by atoms with Crippen LogP contribution in [0.2, 0.25) is 0 Å². The van der Waals surface area contributed by atoms with E-state index in [9.17, 15) is 0 Å². The molecule has 2 aliphatic rings. The van der Waals surface area contributed by atoms with Crippen molar-refractivity contribution in [2.24, 2.45) is 0 Å². The SMILES string of the molecule is CN1CCCc2ccccc21.CN1Cc2ccccc2C1. The molecule has 2 aromatic carbocycles. The van der Waals surface area contributed by atoms with Crippen molar-refractivity contribution in [2.75, 3.05) is 25.5 Å². The average Bonchev–Trinajstić information content (AvgIpc) is 2.88. The number of hydrogen-bond acceptors (Lipinski definition) is 2. The normalized spacial score (nSPS) is 16.8. The van der Waals surface area contributed by atoms with Crippen LogP contribution in [0.1, 0.15) is 23.1 Å². The summed E-state index contributed by atoms with van der Waals surface area (Å²) in [6.45, 7) is 3.45. The third-order valence-corrected chi connectivity index (χ3v) is 4.34. The molecular formula is C19H24N2. The summed E-state index contributed by atoms with van der Waals surface area (Å²) >= 11 is 0. The predicted octanol–water partition coefficient (Wildman–Crippen LogP) is 3.70. The minimum Gasteiger partial charge on any atom is -0.374 e. The van der Waals surface area contributed by atoms with Crippen molar-refractivity contribution < 1.29 is 0 Å². The second kappa shape index (κ2) is 6.31. The van der Waals surface area contributed by atoms with Crippen molar-refractivity contribution in [3.8, 4) is 0 Å². The molecule has 0 aromatic heterocycles. The maximum absolute atomic E-state index is 2.33. The van der Waals surface area contributed by atoms with Gasteiger partial charge in [0.1, 0.15) is 0 Å². The van der Waals surface area contributed by atoms with E-state index in [2.05, 4.69) is 72.4 Å². The Hall–Kier alpha value is -1.80. The van der Waals surface area contributed by atoms with Crippen molar-refractivity contribution >= 4 is 5.69 Å². The summed E-state index contributed by atoms with van der Waals surface area (Å²) in [7, 11) is 4.32. The lowest BCUT2D eigenvalue weighted by atomic mass is 10.0. The van der Waals surface area contributed by atoms with E-state index < -0.39 is 0 Å². The van der Waals surface area contributed by atoms with Crippen LogP contribution in [0.5, 0.6) is 0 Å². The molecular weight excluding hydrogens is 256 g/mol. The fraction of sp³-hybridized carbons (Fsp3) is 0.368. The highest BCUT2D eigenvalue weighted by atomic mass is 15.1. The highest BCUT2D eigenvalue weighted by molar-refractivity contribution is 5.54. The topological polar surface area (TPSA) is 6.48 Å². The van der Waals surface area contributed by atoms with Crippen LogP contribution in [0.3, 0.4) is 0 Å². The number of para-hydroxylation sites is 1. The van der Waals surface area contributed by atoms with Crippen LogP contribution in [0.4, 0.5) is 5.69 Å². The number of benzene rings is 2. The van der Waals surface area contributed by atoms with Gasteiger partial charge in [-0.25, -0.2) is 0 Å². The molecule has 0 spiro atoms. The first-order valence-corrected chi connectivity index (χ1v) is 7.78. The van der Waals surface area contributed by atoms with E-state index in [1.54, 1.807) is 0 Å². The van der Waals surface area contributed by atoms with E-state index in [0.29, 0.717) is 0 Å². The lowest BCUT2D eigenvalue weighted by Gasteiger charge is -2.26. The van der Waals surface area contributed by atoms with E-state index in [1.165, 1.54) is 41.8 Å². The molecule has 0 unspecified atom stereocenters. The number of fused-ring (bicyclic) bond motifs is 2. The van der Waals surface area contributed by atoms with Crippen LogP contribution in [0.25, 0.3) is 0 Å². The Morgan fingerprint density at radius 2 is 1.33 bits per heavy atom. The first-order valence-electron chi connectivity index (χ1n) is 7.78. The van der Waals surface area contributed by atoms with Crippen LogP contribution >= 0.6 is 0 Å².